The maximum atomic E-state index is 12.2. The van der Waals surface area contributed by atoms with Crippen LogP contribution in [0.25, 0.3) is 10.9 Å². The maximum Gasteiger partial charge on any atom is 0.224 e. The molecule has 0 radical (unpaired) electrons. The van der Waals surface area contributed by atoms with Crippen LogP contribution in [0.3, 0.4) is 0 Å². The van der Waals surface area contributed by atoms with E-state index in [1.165, 1.54) is 0 Å². The highest BCUT2D eigenvalue weighted by Crippen LogP contribution is 2.22. The molecule has 0 saturated heterocycles. The topological polar surface area (TPSA) is 51.2 Å². The van der Waals surface area contributed by atoms with Gasteiger partial charge in [0.25, 0.3) is 0 Å². The highest BCUT2D eigenvalue weighted by atomic mass is 16.5. The van der Waals surface area contributed by atoms with Crippen LogP contribution in [-0.4, -0.2) is 30.6 Å². The highest BCUT2D eigenvalue weighted by Gasteiger charge is 2.12. The average molecular weight is 328 g/mol. The molecule has 130 valence electrons. The van der Waals surface area contributed by atoms with Crippen molar-refractivity contribution in [3.8, 4) is 0 Å². The van der Waals surface area contributed by atoms with Gasteiger partial charge in [-0.1, -0.05) is 32.0 Å². The van der Waals surface area contributed by atoms with Crippen molar-refractivity contribution in [2.45, 2.75) is 40.5 Å². The van der Waals surface area contributed by atoms with Crippen molar-refractivity contribution in [3.63, 3.8) is 0 Å². The molecule has 0 fully saturated rings. The molecular weight excluding hydrogens is 300 g/mol. The Morgan fingerprint density at radius 2 is 2.00 bits per heavy atom. The SMILES string of the molecule is Cc1nc2ccccc2c(C)c1CC(=O)NCCCOCC(C)C. The van der Waals surface area contributed by atoms with Crippen LogP contribution in [0.2, 0.25) is 0 Å². The second-order valence-electron chi connectivity index (χ2n) is 6.67. The van der Waals surface area contributed by atoms with Crippen LogP contribution >= 0.6 is 0 Å². The van der Waals surface area contributed by atoms with Gasteiger partial charge in [0.2, 0.25) is 5.91 Å². The van der Waals surface area contributed by atoms with E-state index in [1.807, 2.05) is 25.1 Å². The van der Waals surface area contributed by atoms with E-state index >= 15 is 0 Å². The number of nitrogens with one attached hydrogen (secondary N) is 1. The Morgan fingerprint density at radius 1 is 1.25 bits per heavy atom. The number of amides is 1. The smallest absolute Gasteiger partial charge is 0.224 e. The van der Waals surface area contributed by atoms with Gasteiger partial charge in [-0.15, -0.1) is 0 Å². The zero-order valence-electron chi connectivity index (χ0n) is 15.2. The van der Waals surface area contributed by atoms with Gasteiger partial charge in [-0.05, 0) is 43.4 Å². The predicted octanol–water partition coefficient (Wildman–Crippen LogP) is 3.57. The summed E-state index contributed by atoms with van der Waals surface area (Å²) in [7, 11) is 0. The number of para-hydroxylation sites is 1. The first-order chi connectivity index (χ1) is 11.5. The number of pyridine rings is 1. The molecule has 0 aliphatic heterocycles. The fourth-order valence-electron chi connectivity index (χ4n) is 2.77. The summed E-state index contributed by atoms with van der Waals surface area (Å²) in [6.45, 7) is 10.4. The zero-order valence-corrected chi connectivity index (χ0v) is 15.2. The number of aromatic nitrogens is 1. The molecule has 1 aromatic heterocycles. The Balaban J connectivity index is 1.89. The normalized spacial score (nSPS) is 11.2. The maximum absolute atomic E-state index is 12.2. The third-order valence-electron chi connectivity index (χ3n) is 4.06. The fourth-order valence-corrected chi connectivity index (χ4v) is 2.77. The summed E-state index contributed by atoms with van der Waals surface area (Å²) in [6, 6.07) is 8.07. The molecule has 1 N–H and O–H groups in total. The highest BCUT2D eigenvalue weighted by molar-refractivity contribution is 5.86. The van der Waals surface area contributed by atoms with Gasteiger partial charge in [-0.2, -0.15) is 0 Å². The van der Waals surface area contributed by atoms with E-state index in [0.29, 0.717) is 25.5 Å². The summed E-state index contributed by atoms with van der Waals surface area (Å²) in [6.07, 6.45) is 1.22. The Hall–Kier alpha value is -1.94. The minimum Gasteiger partial charge on any atom is -0.381 e. The van der Waals surface area contributed by atoms with Crippen molar-refractivity contribution < 1.29 is 9.53 Å². The Kier molecular flexibility index (Phi) is 6.73. The Bertz CT molecular complexity index is 695. The molecule has 0 spiro atoms. The molecule has 2 rings (SSSR count). The van der Waals surface area contributed by atoms with Crippen molar-refractivity contribution in [2.75, 3.05) is 19.8 Å². The number of fused-ring (bicyclic) bond motifs is 1. The van der Waals surface area contributed by atoms with Gasteiger partial charge in [-0.3, -0.25) is 9.78 Å². The molecule has 2 aromatic rings. The lowest BCUT2D eigenvalue weighted by molar-refractivity contribution is -0.120. The number of benzene rings is 1. The molecule has 4 heteroatoms. The van der Waals surface area contributed by atoms with Crippen molar-refractivity contribution in [1.82, 2.24) is 10.3 Å². The lowest BCUT2D eigenvalue weighted by Gasteiger charge is -2.13. The molecule has 0 unspecified atom stereocenters. The molecule has 0 aliphatic rings. The predicted molar refractivity (Wildman–Crippen MR) is 98.2 cm³/mol. The molecule has 0 saturated carbocycles. The third-order valence-corrected chi connectivity index (χ3v) is 4.06. The number of nitrogens with zero attached hydrogens (tertiary/aromatic N) is 1. The summed E-state index contributed by atoms with van der Waals surface area (Å²) in [5.74, 6) is 0.591. The van der Waals surface area contributed by atoms with Gasteiger partial charge in [0.1, 0.15) is 0 Å². The Morgan fingerprint density at radius 3 is 2.75 bits per heavy atom. The van der Waals surface area contributed by atoms with E-state index in [9.17, 15) is 4.79 Å². The molecule has 0 atom stereocenters. The third kappa shape index (κ3) is 5.03. The van der Waals surface area contributed by atoms with E-state index in [1.54, 1.807) is 0 Å². The summed E-state index contributed by atoms with van der Waals surface area (Å²) in [5, 5.41) is 4.09. The number of ether oxygens (including phenoxy) is 1. The monoisotopic (exact) mass is 328 g/mol. The molecule has 24 heavy (non-hydrogen) atoms. The number of carbonyl (C=O) groups excluding carboxylic acids is 1. The summed E-state index contributed by atoms with van der Waals surface area (Å²) >= 11 is 0. The molecule has 0 aliphatic carbocycles. The van der Waals surface area contributed by atoms with Crippen LogP contribution in [0.1, 0.15) is 37.1 Å². The van der Waals surface area contributed by atoms with E-state index in [-0.39, 0.29) is 5.91 Å². The Labute approximate surface area is 144 Å². The van der Waals surface area contributed by atoms with Gasteiger partial charge in [0, 0.05) is 30.8 Å². The van der Waals surface area contributed by atoms with Gasteiger partial charge >= 0.3 is 0 Å². The first kappa shape index (κ1) is 18.4. The second kappa shape index (κ2) is 8.78. The summed E-state index contributed by atoms with van der Waals surface area (Å²) in [4.78, 5) is 16.8. The number of carbonyl (C=O) groups is 1. The van der Waals surface area contributed by atoms with E-state index in [0.717, 1.165) is 40.8 Å². The fraction of sp³-hybridized carbons (Fsp3) is 0.500. The number of hydrogen-bond donors (Lipinski definition) is 1. The molecular formula is C20H28N2O2. The van der Waals surface area contributed by atoms with Gasteiger partial charge in [0.05, 0.1) is 11.9 Å². The molecule has 1 amide bonds. The molecule has 4 nitrogen and oxygen atoms in total. The van der Waals surface area contributed by atoms with Crippen LogP contribution in [0.15, 0.2) is 24.3 Å². The van der Waals surface area contributed by atoms with Crippen molar-refractivity contribution in [2.24, 2.45) is 5.92 Å². The van der Waals surface area contributed by atoms with E-state index in [4.69, 9.17) is 4.74 Å². The summed E-state index contributed by atoms with van der Waals surface area (Å²) < 4.78 is 5.52. The largest absolute Gasteiger partial charge is 0.381 e. The van der Waals surface area contributed by atoms with Gasteiger partial charge < -0.3 is 10.1 Å². The minimum absolute atomic E-state index is 0.0436. The number of rotatable bonds is 8. The molecule has 1 aromatic carbocycles. The minimum atomic E-state index is 0.0436. The average Bonchev–Trinajstić information content (AvgIpc) is 2.54. The van der Waals surface area contributed by atoms with Crippen molar-refractivity contribution in [1.29, 1.82) is 0 Å². The lowest BCUT2D eigenvalue weighted by atomic mass is 9.99. The van der Waals surface area contributed by atoms with Crippen LogP contribution in [0.4, 0.5) is 0 Å². The quantitative estimate of drug-likeness (QED) is 0.754. The van der Waals surface area contributed by atoms with E-state index in [2.05, 4.69) is 37.1 Å². The number of aryl methyl sites for hydroxylation is 2. The zero-order chi connectivity index (χ0) is 17.5. The number of hydrogen-bond acceptors (Lipinski definition) is 3. The first-order valence-electron chi connectivity index (χ1n) is 8.68. The first-order valence-corrected chi connectivity index (χ1v) is 8.68. The van der Waals surface area contributed by atoms with Crippen LogP contribution < -0.4 is 5.32 Å². The molecule has 1 heterocycles. The van der Waals surface area contributed by atoms with Crippen LogP contribution in [0.5, 0.6) is 0 Å². The molecule has 0 bridgehead atoms. The summed E-state index contributed by atoms with van der Waals surface area (Å²) in [5.41, 5.74) is 4.09. The van der Waals surface area contributed by atoms with Crippen LogP contribution in [-0.2, 0) is 16.0 Å². The van der Waals surface area contributed by atoms with Gasteiger partial charge in [0.15, 0.2) is 0 Å². The lowest BCUT2D eigenvalue weighted by Crippen LogP contribution is -2.27. The van der Waals surface area contributed by atoms with E-state index < -0.39 is 0 Å². The van der Waals surface area contributed by atoms with Crippen LogP contribution in [0, 0.1) is 19.8 Å². The standard InChI is InChI=1S/C20H28N2O2/c1-14(2)13-24-11-7-10-21-20(23)12-18-15(3)17-8-5-6-9-19(17)22-16(18)4/h5-6,8-9,14H,7,10-13H2,1-4H3,(H,21,23). The second-order valence-corrected chi connectivity index (χ2v) is 6.67. The van der Waals surface area contributed by atoms with Crippen molar-refractivity contribution in [3.05, 3.63) is 41.1 Å². The van der Waals surface area contributed by atoms with Crippen molar-refractivity contribution >= 4 is 16.8 Å². The van der Waals surface area contributed by atoms with Gasteiger partial charge in [-0.25, -0.2) is 0 Å².